The van der Waals surface area contributed by atoms with Gasteiger partial charge in [0.25, 0.3) is 6.43 Å². The molecule has 0 aliphatic carbocycles. The van der Waals surface area contributed by atoms with Crippen molar-refractivity contribution in [2.24, 2.45) is 5.92 Å². The third-order valence-electron chi connectivity index (χ3n) is 2.98. The second-order valence-electron chi connectivity index (χ2n) is 4.59. The van der Waals surface area contributed by atoms with E-state index in [2.05, 4.69) is 4.74 Å². The van der Waals surface area contributed by atoms with Crippen molar-refractivity contribution in [3.63, 3.8) is 0 Å². The molecule has 0 aliphatic rings. The molecule has 0 saturated carbocycles. The standard InChI is InChI=1S/C15H12F4O3/c1-8(13(16)17)14(20)21-11-4-2-10-7-12(22-15(18)19)5-3-9(10)6-11/h2-8,13,15H,1H3. The van der Waals surface area contributed by atoms with Crippen LogP contribution in [0.5, 0.6) is 11.5 Å². The van der Waals surface area contributed by atoms with Gasteiger partial charge in [-0.25, -0.2) is 8.78 Å². The number of ether oxygens (including phenoxy) is 2. The van der Waals surface area contributed by atoms with E-state index in [9.17, 15) is 22.4 Å². The zero-order chi connectivity index (χ0) is 16.3. The Labute approximate surface area is 123 Å². The minimum Gasteiger partial charge on any atom is -0.435 e. The van der Waals surface area contributed by atoms with Gasteiger partial charge in [-0.3, -0.25) is 4.79 Å². The lowest BCUT2D eigenvalue weighted by Gasteiger charge is -2.11. The second-order valence-corrected chi connectivity index (χ2v) is 4.59. The Morgan fingerprint density at radius 1 is 0.955 bits per heavy atom. The van der Waals surface area contributed by atoms with Crippen LogP contribution < -0.4 is 9.47 Å². The highest BCUT2D eigenvalue weighted by atomic mass is 19.3. The lowest BCUT2D eigenvalue weighted by molar-refractivity contribution is -0.143. The molecule has 2 aromatic carbocycles. The maximum atomic E-state index is 12.4. The van der Waals surface area contributed by atoms with Crippen molar-refractivity contribution in [2.45, 2.75) is 20.0 Å². The van der Waals surface area contributed by atoms with Crippen LogP contribution in [0.4, 0.5) is 17.6 Å². The smallest absolute Gasteiger partial charge is 0.387 e. The first-order chi connectivity index (χ1) is 10.4. The summed E-state index contributed by atoms with van der Waals surface area (Å²) >= 11 is 0. The van der Waals surface area contributed by atoms with Crippen LogP contribution in [-0.4, -0.2) is 19.0 Å². The Morgan fingerprint density at radius 3 is 2.05 bits per heavy atom. The molecule has 118 valence electrons. The highest BCUT2D eigenvalue weighted by Gasteiger charge is 2.25. The number of hydrogen-bond donors (Lipinski definition) is 0. The Kier molecular flexibility index (Phi) is 4.85. The zero-order valence-corrected chi connectivity index (χ0v) is 11.4. The molecule has 7 heteroatoms. The van der Waals surface area contributed by atoms with E-state index < -0.39 is 24.9 Å². The van der Waals surface area contributed by atoms with Gasteiger partial charge in [-0.2, -0.15) is 8.78 Å². The number of carbonyl (C=O) groups is 1. The molecule has 2 rings (SSSR count). The summed E-state index contributed by atoms with van der Waals surface area (Å²) in [7, 11) is 0. The Balaban J connectivity index is 2.19. The van der Waals surface area contributed by atoms with Gasteiger partial charge in [0.15, 0.2) is 0 Å². The second kappa shape index (κ2) is 6.64. The van der Waals surface area contributed by atoms with Crippen molar-refractivity contribution >= 4 is 16.7 Å². The summed E-state index contributed by atoms with van der Waals surface area (Å²) in [6.45, 7) is -1.85. The van der Waals surface area contributed by atoms with Crippen LogP contribution in [0.2, 0.25) is 0 Å². The van der Waals surface area contributed by atoms with Gasteiger partial charge in [0.1, 0.15) is 17.4 Å². The molecule has 0 spiro atoms. The van der Waals surface area contributed by atoms with Gasteiger partial charge < -0.3 is 9.47 Å². The maximum Gasteiger partial charge on any atom is 0.387 e. The molecule has 22 heavy (non-hydrogen) atoms. The fraction of sp³-hybridized carbons (Fsp3) is 0.267. The molecule has 1 atom stereocenters. The van der Waals surface area contributed by atoms with Gasteiger partial charge in [0.05, 0.1) is 0 Å². The summed E-state index contributed by atoms with van der Waals surface area (Å²) in [5, 5.41) is 1.18. The lowest BCUT2D eigenvalue weighted by atomic mass is 10.1. The van der Waals surface area contributed by atoms with E-state index >= 15 is 0 Å². The fourth-order valence-corrected chi connectivity index (χ4v) is 1.75. The zero-order valence-electron chi connectivity index (χ0n) is 11.4. The molecule has 0 radical (unpaired) electrons. The van der Waals surface area contributed by atoms with Crippen LogP contribution in [0, 0.1) is 5.92 Å². The predicted octanol–water partition coefficient (Wildman–Crippen LogP) is 4.25. The van der Waals surface area contributed by atoms with Gasteiger partial charge in [-0.05, 0) is 42.0 Å². The topological polar surface area (TPSA) is 35.5 Å². The number of benzene rings is 2. The molecule has 2 aromatic rings. The first-order valence-electron chi connectivity index (χ1n) is 6.35. The third-order valence-corrected chi connectivity index (χ3v) is 2.98. The summed E-state index contributed by atoms with van der Waals surface area (Å²) in [5.41, 5.74) is 0. The van der Waals surface area contributed by atoms with Crippen molar-refractivity contribution in [2.75, 3.05) is 0 Å². The van der Waals surface area contributed by atoms with Gasteiger partial charge >= 0.3 is 12.6 Å². The molecule has 3 nitrogen and oxygen atoms in total. The summed E-state index contributed by atoms with van der Waals surface area (Å²) in [6, 6.07) is 8.60. The van der Waals surface area contributed by atoms with E-state index in [1.807, 2.05) is 0 Å². The molecule has 0 aliphatic heterocycles. The van der Waals surface area contributed by atoms with Crippen molar-refractivity contribution in [3.8, 4) is 11.5 Å². The van der Waals surface area contributed by atoms with E-state index in [0.29, 0.717) is 10.8 Å². The van der Waals surface area contributed by atoms with Crippen molar-refractivity contribution in [1.29, 1.82) is 0 Å². The number of esters is 1. The molecule has 0 aromatic heterocycles. The molecule has 0 saturated heterocycles. The average Bonchev–Trinajstić information content (AvgIpc) is 2.45. The average molecular weight is 316 g/mol. The Bertz CT molecular complexity index is 673. The first kappa shape index (κ1) is 16.1. The molecule has 0 fully saturated rings. The molecular weight excluding hydrogens is 304 g/mol. The summed E-state index contributed by atoms with van der Waals surface area (Å²) < 4.78 is 58.2. The van der Waals surface area contributed by atoms with Crippen molar-refractivity contribution < 1.29 is 31.8 Å². The summed E-state index contributed by atoms with van der Waals surface area (Å²) in [4.78, 5) is 11.5. The van der Waals surface area contributed by atoms with E-state index in [0.717, 1.165) is 6.92 Å². The first-order valence-corrected chi connectivity index (χ1v) is 6.35. The monoisotopic (exact) mass is 316 g/mol. The molecular formula is C15H12F4O3. The molecule has 0 bridgehead atoms. The highest BCUT2D eigenvalue weighted by molar-refractivity contribution is 5.86. The van der Waals surface area contributed by atoms with E-state index in [1.165, 1.54) is 36.4 Å². The Morgan fingerprint density at radius 2 is 1.50 bits per heavy atom. The quantitative estimate of drug-likeness (QED) is 0.470. The number of alkyl halides is 4. The van der Waals surface area contributed by atoms with E-state index in [1.54, 1.807) is 0 Å². The van der Waals surface area contributed by atoms with Gasteiger partial charge in [0, 0.05) is 0 Å². The number of hydrogen-bond acceptors (Lipinski definition) is 3. The van der Waals surface area contributed by atoms with Crippen LogP contribution >= 0.6 is 0 Å². The van der Waals surface area contributed by atoms with Crippen LogP contribution in [0.1, 0.15) is 6.92 Å². The van der Waals surface area contributed by atoms with Crippen molar-refractivity contribution in [1.82, 2.24) is 0 Å². The molecule has 0 heterocycles. The summed E-state index contributed by atoms with van der Waals surface area (Å²) in [6.07, 6.45) is -2.80. The van der Waals surface area contributed by atoms with Crippen LogP contribution in [0.3, 0.4) is 0 Å². The number of rotatable bonds is 5. The van der Waals surface area contributed by atoms with E-state index in [-0.39, 0.29) is 11.5 Å². The van der Waals surface area contributed by atoms with Gasteiger partial charge in [-0.1, -0.05) is 12.1 Å². The SMILES string of the molecule is CC(C(=O)Oc1ccc2cc(OC(F)F)ccc2c1)C(F)F. The molecule has 0 amide bonds. The van der Waals surface area contributed by atoms with Gasteiger partial charge in [-0.15, -0.1) is 0 Å². The molecule has 1 unspecified atom stereocenters. The molecule has 0 N–H and O–H groups in total. The number of fused-ring (bicyclic) bond motifs is 1. The predicted molar refractivity (Wildman–Crippen MR) is 71.4 cm³/mol. The minimum atomic E-state index is -2.92. The number of carbonyl (C=O) groups excluding carboxylic acids is 1. The summed E-state index contributed by atoms with van der Waals surface area (Å²) in [5.74, 6) is -2.46. The normalized spacial score (nSPS) is 12.7. The third kappa shape index (κ3) is 3.87. The van der Waals surface area contributed by atoms with Crippen LogP contribution in [0.15, 0.2) is 36.4 Å². The van der Waals surface area contributed by atoms with Gasteiger partial charge in [0.2, 0.25) is 0 Å². The fourth-order valence-electron chi connectivity index (χ4n) is 1.75. The highest BCUT2D eigenvalue weighted by Crippen LogP contribution is 2.26. The van der Waals surface area contributed by atoms with Crippen LogP contribution in [0.25, 0.3) is 10.8 Å². The maximum absolute atomic E-state index is 12.4. The Hall–Kier alpha value is -2.31. The van der Waals surface area contributed by atoms with Crippen LogP contribution in [-0.2, 0) is 4.79 Å². The minimum absolute atomic E-state index is 0.00133. The lowest BCUT2D eigenvalue weighted by Crippen LogP contribution is -2.23. The largest absolute Gasteiger partial charge is 0.435 e. The number of halogens is 4. The van der Waals surface area contributed by atoms with E-state index in [4.69, 9.17) is 4.74 Å². The van der Waals surface area contributed by atoms with Crippen molar-refractivity contribution in [3.05, 3.63) is 36.4 Å².